The minimum atomic E-state index is -0.214. The van der Waals surface area contributed by atoms with E-state index in [1.54, 1.807) is 18.2 Å². The molecule has 0 aliphatic carbocycles. The molecule has 0 atom stereocenters. The van der Waals surface area contributed by atoms with Gasteiger partial charge >= 0.3 is 0 Å². The van der Waals surface area contributed by atoms with E-state index < -0.39 is 0 Å². The van der Waals surface area contributed by atoms with Gasteiger partial charge in [0.05, 0.1) is 22.6 Å². The van der Waals surface area contributed by atoms with Gasteiger partial charge in [0, 0.05) is 10.9 Å². The highest BCUT2D eigenvalue weighted by Crippen LogP contribution is 2.22. The molecule has 27 heavy (non-hydrogen) atoms. The first-order valence-corrected chi connectivity index (χ1v) is 8.58. The molecule has 4 N–H and O–H groups in total. The Morgan fingerprint density at radius 2 is 1.74 bits per heavy atom. The molecule has 0 unspecified atom stereocenters. The molecular weight excluding hydrogens is 336 g/mol. The van der Waals surface area contributed by atoms with Crippen molar-refractivity contribution >= 4 is 40.3 Å². The van der Waals surface area contributed by atoms with E-state index >= 15 is 0 Å². The van der Waals surface area contributed by atoms with Crippen LogP contribution in [0.5, 0.6) is 0 Å². The van der Waals surface area contributed by atoms with Gasteiger partial charge in [-0.1, -0.05) is 48.5 Å². The third-order valence-corrected chi connectivity index (χ3v) is 4.30. The Bertz CT molecular complexity index is 1130. The lowest BCUT2D eigenvalue weighted by Gasteiger charge is -2.08. The van der Waals surface area contributed by atoms with Gasteiger partial charge < -0.3 is 11.1 Å². The number of carbonyl (C=O) groups is 1. The molecule has 1 aromatic heterocycles. The van der Waals surface area contributed by atoms with Crippen LogP contribution in [0.25, 0.3) is 23.1 Å². The van der Waals surface area contributed by atoms with Crippen molar-refractivity contribution in [3.05, 3.63) is 89.6 Å². The van der Waals surface area contributed by atoms with Crippen molar-refractivity contribution in [1.82, 2.24) is 10.2 Å². The molecule has 0 spiro atoms. The summed E-state index contributed by atoms with van der Waals surface area (Å²) in [6.07, 6.45) is 3.93. The fraction of sp³-hybridized carbons (Fsp3) is 0. The number of hydrogen-bond donors (Lipinski definition) is 3. The molecule has 0 radical (unpaired) electrons. The minimum Gasteiger partial charge on any atom is -0.397 e. The lowest BCUT2D eigenvalue weighted by Crippen LogP contribution is -2.13. The zero-order valence-electron chi connectivity index (χ0n) is 14.5. The van der Waals surface area contributed by atoms with Gasteiger partial charge in [0.2, 0.25) is 0 Å². The molecule has 4 rings (SSSR count). The maximum atomic E-state index is 12.6. The standard InChI is InChI=1S/C22H18N4O/c23-18-8-4-5-9-21(18)24-22(27)16-11-13-20-17(14-16)19(25-26-20)12-10-15-6-2-1-3-7-15/h1-14H,23H2,(H,24,27)(H,25,26)/b12-10+. The van der Waals surface area contributed by atoms with Crippen LogP contribution < -0.4 is 11.1 Å². The van der Waals surface area contributed by atoms with E-state index in [4.69, 9.17) is 5.73 Å². The maximum Gasteiger partial charge on any atom is 0.255 e. The number of aromatic nitrogens is 2. The van der Waals surface area contributed by atoms with Crippen LogP contribution in [0.15, 0.2) is 72.8 Å². The molecule has 0 saturated heterocycles. The van der Waals surface area contributed by atoms with E-state index in [9.17, 15) is 4.79 Å². The molecule has 5 nitrogen and oxygen atoms in total. The summed E-state index contributed by atoms with van der Waals surface area (Å²) in [6.45, 7) is 0. The van der Waals surface area contributed by atoms with Crippen LogP contribution >= 0.6 is 0 Å². The third kappa shape index (κ3) is 3.57. The molecular formula is C22H18N4O. The Hall–Kier alpha value is -3.86. The van der Waals surface area contributed by atoms with Gasteiger partial charge in [0.15, 0.2) is 0 Å². The number of rotatable bonds is 4. The van der Waals surface area contributed by atoms with E-state index in [0.29, 0.717) is 16.9 Å². The number of fused-ring (bicyclic) bond motifs is 1. The van der Waals surface area contributed by atoms with Gasteiger partial charge in [0.1, 0.15) is 0 Å². The second-order valence-corrected chi connectivity index (χ2v) is 6.15. The first-order valence-electron chi connectivity index (χ1n) is 8.58. The highest BCUT2D eigenvalue weighted by molar-refractivity contribution is 6.08. The fourth-order valence-electron chi connectivity index (χ4n) is 2.85. The van der Waals surface area contributed by atoms with Gasteiger partial charge in [-0.05, 0) is 42.0 Å². The largest absolute Gasteiger partial charge is 0.397 e. The zero-order valence-corrected chi connectivity index (χ0v) is 14.5. The van der Waals surface area contributed by atoms with Gasteiger partial charge in [-0.15, -0.1) is 0 Å². The Morgan fingerprint density at radius 3 is 2.56 bits per heavy atom. The van der Waals surface area contributed by atoms with E-state index in [2.05, 4.69) is 15.5 Å². The first kappa shape index (κ1) is 16.6. The molecule has 0 saturated carbocycles. The molecule has 0 fully saturated rings. The molecule has 0 aliphatic rings. The number of amides is 1. The number of nitrogens with zero attached hydrogens (tertiary/aromatic N) is 1. The lowest BCUT2D eigenvalue weighted by atomic mass is 10.1. The van der Waals surface area contributed by atoms with Crippen molar-refractivity contribution in [1.29, 1.82) is 0 Å². The van der Waals surface area contributed by atoms with Gasteiger partial charge in [-0.2, -0.15) is 5.10 Å². The van der Waals surface area contributed by atoms with Crippen molar-refractivity contribution in [2.45, 2.75) is 0 Å². The van der Waals surface area contributed by atoms with Gasteiger partial charge in [0.25, 0.3) is 5.91 Å². The van der Waals surface area contributed by atoms with Gasteiger partial charge in [-0.3, -0.25) is 9.89 Å². The smallest absolute Gasteiger partial charge is 0.255 e. The second-order valence-electron chi connectivity index (χ2n) is 6.15. The van der Waals surface area contributed by atoms with E-state index in [1.165, 1.54) is 0 Å². The van der Waals surface area contributed by atoms with Crippen molar-refractivity contribution in [2.24, 2.45) is 0 Å². The SMILES string of the molecule is Nc1ccccc1NC(=O)c1ccc2[nH]nc(/C=C/c3ccccc3)c2c1. The van der Waals surface area contributed by atoms with E-state index in [-0.39, 0.29) is 5.91 Å². The van der Waals surface area contributed by atoms with Crippen LogP contribution in [0.3, 0.4) is 0 Å². The summed E-state index contributed by atoms with van der Waals surface area (Å²) < 4.78 is 0. The number of nitrogens with one attached hydrogen (secondary N) is 2. The second kappa shape index (κ2) is 7.17. The van der Waals surface area contributed by atoms with Crippen molar-refractivity contribution < 1.29 is 4.79 Å². The molecule has 0 aliphatic heterocycles. The summed E-state index contributed by atoms with van der Waals surface area (Å²) in [6, 6.07) is 22.6. The Balaban J connectivity index is 1.62. The number of hydrogen-bond acceptors (Lipinski definition) is 3. The lowest BCUT2D eigenvalue weighted by molar-refractivity contribution is 0.102. The van der Waals surface area contributed by atoms with Crippen LogP contribution in [0, 0.1) is 0 Å². The molecule has 1 amide bonds. The summed E-state index contributed by atoms with van der Waals surface area (Å²) in [7, 11) is 0. The number of nitrogen functional groups attached to an aromatic ring is 1. The number of anilines is 2. The molecule has 0 bridgehead atoms. The van der Waals surface area contributed by atoms with Crippen LogP contribution in [0.4, 0.5) is 11.4 Å². The maximum absolute atomic E-state index is 12.6. The zero-order chi connectivity index (χ0) is 18.6. The summed E-state index contributed by atoms with van der Waals surface area (Å²) in [5, 5.41) is 11.1. The summed E-state index contributed by atoms with van der Waals surface area (Å²) in [5.74, 6) is -0.214. The van der Waals surface area contributed by atoms with Crippen molar-refractivity contribution in [3.63, 3.8) is 0 Å². The Morgan fingerprint density at radius 1 is 0.963 bits per heavy atom. The van der Waals surface area contributed by atoms with Gasteiger partial charge in [-0.25, -0.2) is 0 Å². The Labute approximate surface area is 156 Å². The number of nitrogens with two attached hydrogens (primary N) is 1. The number of H-pyrrole nitrogens is 1. The fourth-order valence-corrected chi connectivity index (χ4v) is 2.85. The highest BCUT2D eigenvalue weighted by Gasteiger charge is 2.11. The average Bonchev–Trinajstić information content (AvgIpc) is 3.11. The van der Waals surface area contributed by atoms with Crippen molar-refractivity contribution in [2.75, 3.05) is 11.1 Å². The predicted octanol–water partition coefficient (Wildman–Crippen LogP) is 4.57. The van der Waals surface area contributed by atoms with Crippen LogP contribution in [0.1, 0.15) is 21.6 Å². The van der Waals surface area contributed by atoms with E-state index in [0.717, 1.165) is 22.2 Å². The van der Waals surface area contributed by atoms with Crippen LogP contribution in [-0.2, 0) is 0 Å². The van der Waals surface area contributed by atoms with Crippen molar-refractivity contribution in [3.8, 4) is 0 Å². The quantitative estimate of drug-likeness (QED) is 0.470. The molecule has 1 heterocycles. The summed E-state index contributed by atoms with van der Waals surface area (Å²) in [4.78, 5) is 12.6. The topological polar surface area (TPSA) is 83.8 Å². The third-order valence-electron chi connectivity index (χ3n) is 4.30. The monoisotopic (exact) mass is 354 g/mol. The number of aromatic amines is 1. The number of benzene rings is 3. The molecule has 4 aromatic rings. The van der Waals surface area contributed by atoms with Crippen LogP contribution in [-0.4, -0.2) is 16.1 Å². The average molecular weight is 354 g/mol. The first-order chi connectivity index (χ1) is 13.2. The van der Waals surface area contributed by atoms with E-state index in [1.807, 2.05) is 66.7 Å². The highest BCUT2D eigenvalue weighted by atomic mass is 16.1. The summed E-state index contributed by atoms with van der Waals surface area (Å²) in [5.41, 5.74) is 10.3. The minimum absolute atomic E-state index is 0.214. The number of para-hydroxylation sites is 2. The van der Waals surface area contributed by atoms with Crippen LogP contribution in [0.2, 0.25) is 0 Å². The predicted molar refractivity (Wildman–Crippen MR) is 110 cm³/mol. The number of carbonyl (C=O) groups excluding carboxylic acids is 1. The molecule has 132 valence electrons. The Kier molecular flexibility index (Phi) is 4.41. The normalized spacial score (nSPS) is 11.1. The summed E-state index contributed by atoms with van der Waals surface area (Å²) >= 11 is 0. The molecule has 3 aromatic carbocycles. The molecule has 5 heteroatoms.